The Morgan fingerprint density at radius 1 is 1.38 bits per heavy atom. The number of benzene rings is 1. The molecule has 2 rings (SSSR count). The first-order valence-corrected chi connectivity index (χ1v) is 7.00. The van der Waals surface area contributed by atoms with Gasteiger partial charge in [0.05, 0.1) is 6.54 Å². The molecular formula is C15H21N5O. The van der Waals surface area contributed by atoms with E-state index in [4.69, 9.17) is 5.73 Å². The summed E-state index contributed by atoms with van der Waals surface area (Å²) in [6.07, 6.45) is 3.79. The highest BCUT2D eigenvalue weighted by atomic mass is 16.2. The molecule has 112 valence electrons. The second-order valence-electron chi connectivity index (χ2n) is 4.84. The van der Waals surface area contributed by atoms with Gasteiger partial charge in [0.2, 0.25) is 0 Å². The molecule has 21 heavy (non-hydrogen) atoms. The molecule has 6 nitrogen and oxygen atoms in total. The van der Waals surface area contributed by atoms with E-state index in [1.165, 1.54) is 0 Å². The van der Waals surface area contributed by atoms with Crippen molar-refractivity contribution in [3.63, 3.8) is 0 Å². The molecule has 6 heteroatoms. The quantitative estimate of drug-likeness (QED) is 0.761. The van der Waals surface area contributed by atoms with Gasteiger partial charge in [-0.3, -0.25) is 0 Å². The van der Waals surface area contributed by atoms with Gasteiger partial charge in [-0.05, 0) is 31.5 Å². The van der Waals surface area contributed by atoms with Crippen molar-refractivity contribution < 1.29 is 4.79 Å². The van der Waals surface area contributed by atoms with Gasteiger partial charge in [0.15, 0.2) is 0 Å². The monoisotopic (exact) mass is 287 g/mol. The molecule has 1 aromatic heterocycles. The number of hydrogen-bond donors (Lipinski definition) is 3. The van der Waals surface area contributed by atoms with Crippen molar-refractivity contribution in [2.75, 3.05) is 5.32 Å². The van der Waals surface area contributed by atoms with Crippen LogP contribution >= 0.6 is 0 Å². The Hall–Kier alpha value is -2.34. The van der Waals surface area contributed by atoms with Crippen LogP contribution < -0.4 is 16.4 Å². The molecule has 0 fully saturated rings. The molecule has 0 aliphatic heterocycles. The number of amides is 2. The minimum absolute atomic E-state index is 0.189. The van der Waals surface area contributed by atoms with Gasteiger partial charge in [-0.15, -0.1) is 0 Å². The molecule has 1 unspecified atom stereocenters. The van der Waals surface area contributed by atoms with Gasteiger partial charge < -0.3 is 20.9 Å². The first-order valence-electron chi connectivity index (χ1n) is 7.00. The van der Waals surface area contributed by atoms with Gasteiger partial charge in [0.25, 0.3) is 0 Å². The summed E-state index contributed by atoms with van der Waals surface area (Å²) in [6.45, 7) is 5.82. The van der Waals surface area contributed by atoms with Gasteiger partial charge >= 0.3 is 6.03 Å². The van der Waals surface area contributed by atoms with Crippen molar-refractivity contribution in [2.45, 2.75) is 33.0 Å². The number of anilines is 1. The normalized spacial score (nSPS) is 12.1. The van der Waals surface area contributed by atoms with Gasteiger partial charge in [-0.25, -0.2) is 9.78 Å². The van der Waals surface area contributed by atoms with Gasteiger partial charge in [-0.1, -0.05) is 12.1 Å². The number of aryl methyl sites for hydroxylation is 1. The molecule has 0 bridgehead atoms. The number of nitrogens with two attached hydrogens (primary N) is 1. The number of rotatable bonds is 6. The fraction of sp³-hybridized carbons (Fsp3) is 0.333. The molecule has 0 aliphatic carbocycles. The van der Waals surface area contributed by atoms with E-state index >= 15 is 0 Å². The van der Waals surface area contributed by atoms with Gasteiger partial charge in [-0.2, -0.15) is 0 Å². The predicted octanol–water partition coefficient (Wildman–Crippen LogP) is 2.24. The number of hydrogen-bond acceptors (Lipinski definition) is 3. The second kappa shape index (κ2) is 6.90. The van der Waals surface area contributed by atoms with Crippen LogP contribution in [0.2, 0.25) is 0 Å². The molecule has 0 spiro atoms. The average Bonchev–Trinajstić information content (AvgIpc) is 2.92. The van der Waals surface area contributed by atoms with Gasteiger partial charge in [0, 0.05) is 30.7 Å². The van der Waals surface area contributed by atoms with Crippen LogP contribution in [0.1, 0.15) is 31.3 Å². The Bertz CT molecular complexity index is 590. The Kier molecular flexibility index (Phi) is 4.94. The highest BCUT2D eigenvalue weighted by Gasteiger charge is 2.07. The highest BCUT2D eigenvalue weighted by molar-refractivity contribution is 5.87. The number of nitrogens with one attached hydrogen (secondary N) is 2. The summed E-state index contributed by atoms with van der Waals surface area (Å²) in [5, 5.41) is 5.99. The lowest BCUT2D eigenvalue weighted by atomic mass is 10.1. The van der Waals surface area contributed by atoms with E-state index in [1.807, 2.05) is 36.7 Å². The van der Waals surface area contributed by atoms with E-state index in [9.17, 15) is 4.79 Å². The lowest BCUT2D eigenvalue weighted by Gasteiger charge is -2.15. The number of urea groups is 1. The number of primary amides is 1. The van der Waals surface area contributed by atoms with E-state index in [1.54, 1.807) is 0 Å². The summed E-state index contributed by atoms with van der Waals surface area (Å²) < 4.78 is 2.11. The van der Waals surface area contributed by atoms with E-state index in [2.05, 4.69) is 34.0 Å². The van der Waals surface area contributed by atoms with Crippen LogP contribution in [0.4, 0.5) is 10.5 Å². The van der Waals surface area contributed by atoms with E-state index < -0.39 is 6.03 Å². The molecule has 0 radical (unpaired) electrons. The fourth-order valence-corrected chi connectivity index (χ4v) is 2.15. The third kappa shape index (κ3) is 4.06. The molecule has 4 N–H and O–H groups in total. The van der Waals surface area contributed by atoms with Crippen molar-refractivity contribution >= 4 is 11.7 Å². The van der Waals surface area contributed by atoms with Crippen molar-refractivity contribution in [1.82, 2.24) is 14.9 Å². The van der Waals surface area contributed by atoms with Crippen LogP contribution in [0.5, 0.6) is 0 Å². The maximum Gasteiger partial charge on any atom is 0.316 e. The SMILES string of the molecule is CCn1ccnc1CNC(C)c1ccc(NC(N)=O)cc1. The van der Waals surface area contributed by atoms with Crippen molar-refractivity contribution in [3.05, 3.63) is 48.0 Å². The molecule has 0 aliphatic rings. The molecule has 1 atom stereocenters. The van der Waals surface area contributed by atoms with Gasteiger partial charge in [0.1, 0.15) is 5.82 Å². The number of imidazole rings is 1. The molecule has 0 saturated carbocycles. The topological polar surface area (TPSA) is 85.0 Å². The van der Waals surface area contributed by atoms with E-state index in [-0.39, 0.29) is 6.04 Å². The average molecular weight is 287 g/mol. The lowest BCUT2D eigenvalue weighted by Crippen LogP contribution is -2.21. The lowest BCUT2D eigenvalue weighted by molar-refractivity contribution is 0.259. The van der Waals surface area contributed by atoms with E-state index in [0.717, 1.165) is 17.9 Å². The Balaban J connectivity index is 1.94. The smallest absolute Gasteiger partial charge is 0.316 e. The summed E-state index contributed by atoms with van der Waals surface area (Å²) in [5.41, 5.74) is 6.91. The zero-order chi connectivity index (χ0) is 15.2. The van der Waals surface area contributed by atoms with Crippen LogP contribution in [0, 0.1) is 0 Å². The Morgan fingerprint density at radius 2 is 2.10 bits per heavy atom. The largest absolute Gasteiger partial charge is 0.351 e. The molecule has 2 aromatic rings. The first-order chi connectivity index (χ1) is 10.1. The Morgan fingerprint density at radius 3 is 2.71 bits per heavy atom. The summed E-state index contributed by atoms with van der Waals surface area (Å²) in [6, 6.07) is 7.25. The van der Waals surface area contributed by atoms with Crippen molar-refractivity contribution in [2.24, 2.45) is 5.73 Å². The van der Waals surface area contributed by atoms with Crippen molar-refractivity contribution in [3.8, 4) is 0 Å². The number of aromatic nitrogens is 2. The summed E-state index contributed by atoms with van der Waals surface area (Å²) in [5.74, 6) is 1.02. The third-order valence-electron chi connectivity index (χ3n) is 3.39. The van der Waals surface area contributed by atoms with Crippen LogP contribution in [0.25, 0.3) is 0 Å². The number of carbonyl (C=O) groups is 1. The minimum atomic E-state index is -0.555. The standard InChI is InChI=1S/C15H21N5O/c1-3-20-9-8-17-14(20)10-18-11(2)12-4-6-13(7-5-12)19-15(16)21/h4-9,11,18H,3,10H2,1-2H3,(H3,16,19,21). The molecule has 1 heterocycles. The van der Waals surface area contributed by atoms with Crippen LogP contribution in [0.15, 0.2) is 36.7 Å². The molecule has 2 amide bonds. The minimum Gasteiger partial charge on any atom is -0.351 e. The van der Waals surface area contributed by atoms with Crippen LogP contribution in [-0.4, -0.2) is 15.6 Å². The molecule has 1 aromatic carbocycles. The molecule has 0 saturated heterocycles. The Labute approximate surface area is 124 Å². The fourth-order valence-electron chi connectivity index (χ4n) is 2.15. The van der Waals surface area contributed by atoms with Crippen LogP contribution in [-0.2, 0) is 13.1 Å². The van der Waals surface area contributed by atoms with Crippen LogP contribution in [0.3, 0.4) is 0 Å². The molecular weight excluding hydrogens is 266 g/mol. The van der Waals surface area contributed by atoms with E-state index in [0.29, 0.717) is 12.2 Å². The summed E-state index contributed by atoms with van der Waals surface area (Å²) in [4.78, 5) is 15.1. The summed E-state index contributed by atoms with van der Waals surface area (Å²) >= 11 is 0. The maximum atomic E-state index is 10.8. The zero-order valence-electron chi connectivity index (χ0n) is 12.3. The number of nitrogens with zero attached hydrogens (tertiary/aromatic N) is 2. The highest BCUT2D eigenvalue weighted by Crippen LogP contribution is 2.16. The zero-order valence-corrected chi connectivity index (χ0v) is 12.3. The first kappa shape index (κ1) is 15.1. The third-order valence-corrected chi connectivity index (χ3v) is 3.39. The van der Waals surface area contributed by atoms with Crippen molar-refractivity contribution in [1.29, 1.82) is 0 Å². The predicted molar refractivity (Wildman–Crippen MR) is 82.8 cm³/mol. The summed E-state index contributed by atoms with van der Waals surface area (Å²) in [7, 11) is 0. The maximum absolute atomic E-state index is 10.8. The number of carbonyl (C=O) groups excluding carboxylic acids is 1. The second-order valence-corrected chi connectivity index (χ2v) is 4.84.